The molecule has 0 radical (unpaired) electrons. The van der Waals surface area contributed by atoms with E-state index in [1.54, 1.807) is 0 Å². The van der Waals surface area contributed by atoms with Gasteiger partial charge in [-0.25, -0.2) is 4.98 Å². The molecule has 194 valence electrons. The molecule has 0 unspecified atom stereocenters. The summed E-state index contributed by atoms with van der Waals surface area (Å²) in [6.07, 6.45) is 9.31. The molecule has 2 saturated carbocycles. The highest BCUT2D eigenvalue weighted by Crippen LogP contribution is 2.40. The van der Waals surface area contributed by atoms with Gasteiger partial charge in [0.25, 0.3) is 0 Å². The summed E-state index contributed by atoms with van der Waals surface area (Å²) < 4.78 is 48.3. The molecular weight excluding hydrogens is 471 g/mol. The monoisotopic (exact) mass is 503 g/mol. The third-order valence-corrected chi connectivity index (χ3v) is 7.71. The minimum absolute atomic E-state index is 0.00158. The zero-order valence-corrected chi connectivity index (χ0v) is 20.4. The summed E-state index contributed by atoms with van der Waals surface area (Å²) in [6.45, 7) is -0.00158. The smallest absolute Gasteiger partial charge is 0.416 e. The largest absolute Gasteiger partial charge is 0.469 e. The van der Waals surface area contributed by atoms with Crippen LogP contribution in [0.1, 0.15) is 92.0 Å². The Balaban J connectivity index is 1.16. The van der Waals surface area contributed by atoms with Gasteiger partial charge < -0.3 is 15.0 Å². The third kappa shape index (κ3) is 5.40. The van der Waals surface area contributed by atoms with Gasteiger partial charge in [0, 0.05) is 37.5 Å². The highest BCUT2D eigenvalue weighted by Gasteiger charge is 2.31. The van der Waals surface area contributed by atoms with E-state index in [-0.39, 0.29) is 18.4 Å². The molecule has 8 nitrogen and oxygen atoms in total. The van der Waals surface area contributed by atoms with Crippen LogP contribution in [0.3, 0.4) is 0 Å². The van der Waals surface area contributed by atoms with Crippen molar-refractivity contribution in [2.45, 2.75) is 88.1 Å². The van der Waals surface area contributed by atoms with E-state index in [1.165, 1.54) is 5.56 Å². The Labute approximate surface area is 208 Å². The van der Waals surface area contributed by atoms with Crippen molar-refractivity contribution in [1.29, 1.82) is 0 Å². The summed E-state index contributed by atoms with van der Waals surface area (Å²) >= 11 is 0. The average molecular weight is 504 g/mol. The molecule has 3 aromatic rings. The van der Waals surface area contributed by atoms with Crippen molar-refractivity contribution < 1.29 is 17.9 Å². The van der Waals surface area contributed by atoms with Crippen LogP contribution in [0.5, 0.6) is 5.88 Å². The van der Waals surface area contributed by atoms with E-state index in [9.17, 15) is 13.2 Å². The highest BCUT2D eigenvalue weighted by molar-refractivity contribution is 5.23. The zero-order chi connectivity index (χ0) is 25.3. The first-order valence-electron chi connectivity index (χ1n) is 12.6. The van der Waals surface area contributed by atoms with Gasteiger partial charge in [-0.3, -0.25) is 4.68 Å². The molecule has 2 N–H and O–H groups in total. The Morgan fingerprint density at radius 3 is 2.47 bits per heavy atom. The first-order valence-corrected chi connectivity index (χ1v) is 12.6. The highest BCUT2D eigenvalue weighted by atomic mass is 19.4. The maximum atomic E-state index is 12.9. The number of ether oxygens (including phenoxy) is 1. The van der Waals surface area contributed by atoms with Crippen LogP contribution in [0.25, 0.3) is 0 Å². The van der Waals surface area contributed by atoms with Crippen LogP contribution in [0.4, 0.5) is 13.2 Å². The van der Waals surface area contributed by atoms with Crippen molar-refractivity contribution in [3.8, 4) is 5.88 Å². The predicted molar refractivity (Wildman–Crippen MR) is 126 cm³/mol. The number of aromatic nitrogens is 6. The van der Waals surface area contributed by atoms with Crippen molar-refractivity contribution >= 4 is 0 Å². The summed E-state index contributed by atoms with van der Waals surface area (Å²) in [7, 11) is 1.87. The van der Waals surface area contributed by atoms with Gasteiger partial charge in [0.1, 0.15) is 12.4 Å². The van der Waals surface area contributed by atoms with E-state index in [0.29, 0.717) is 23.8 Å². The molecule has 0 bridgehead atoms. The van der Waals surface area contributed by atoms with Gasteiger partial charge in [0.05, 0.1) is 17.8 Å². The molecule has 3 aromatic heterocycles. The average Bonchev–Trinajstić information content (AvgIpc) is 3.50. The van der Waals surface area contributed by atoms with Gasteiger partial charge in [-0.2, -0.15) is 18.3 Å². The van der Waals surface area contributed by atoms with Crippen molar-refractivity contribution in [3.63, 3.8) is 0 Å². The SMILES string of the molecule is Cn1c(COc2cc(C(F)(F)F)ccn2)nnc1[C@H]1CC[C@H](c2cnn([C@H]3CC[C@H](N)CC3)c2)CC1. The zero-order valence-electron chi connectivity index (χ0n) is 20.4. The van der Waals surface area contributed by atoms with Crippen LogP contribution in [0, 0.1) is 0 Å². The minimum atomic E-state index is -4.44. The van der Waals surface area contributed by atoms with Gasteiger partial charge in [-0.1, -0.05) is 0 Å². The lowest BCUT2D eigenvalue weighted by Gasteiger charge is -2.28. The molecule has 5 rings (SSSR count). The number of pyridine rings is 1. The maximum absolute atomic E-state index is 12.9. The van der Waals surface area contributed by atoms with Crippen LogP contribution in [0.2, 0.25) is 0 Å². The van der Waals surface area contributed by atoms with Gasteiger partial charge >= 0.3 is 6.18 Å². The van der Waals surface area contributed by atoms with Crippen molar-refractivity contribution in [2.75, 3.05) is 0 Å². The van der Waals surface area contributed by atoms with E-state index in [2.05, 4.69) is 31.2 Å². The lowest BCUT2D eigenvalue weighted by Crippen LogP contribution is -2.28. The maximum Gasteiger partial charge on any atom is 0.416 e. The Kier molecular flexibility index (Phi) is 7.00. The van der Waals surface area contributed by atoms with E-state index in [1.807, 2.05) is 17.8 Å². The number of nitrogens with two attached hydrogens (primary N) is 1. The molecular formula is C25H32F3N7O. The fourth-order valence-electron chi connectivity index (χ4n) is 5.47. The lowest BCUT2D eigenvalue weighted by molar-refractivity contribution is -0.137. The predicted octanol–water partition coefficient (Wildman–Crippen LogP) is 4.89. The van der Waals surface area contributed by atoms with E-state index < -0.39 is 11.7 Å². The van der Waals surface area contributed by atoms with Crippen LogP contribution in [-0.4, -0.2) is 35.6 Å². The van der Waals surface area contributed by atoms with Crippen molar-refractivity contribution in [2.24, 2.45) is 12.8 Å². The number of alkyl halides is 3. The van der Waals surface area contributed by atoms with E-state index in [0.717, 1.165) is 75.5 Å². The molecule has 2 fully saturated rings. The topological polar surface area (TPSA) is 96.7 Å². The Morgan fingerprint density at radius 2 is 1.75 bits per heavy atom. The lowest BCUT2D eigenvalue weighted by atomic mass is 9.79. The van der Waals surface area contributed by atoms with Gasteiger partial charge in [0.15, 0.2) is 5.82 Å². The first kappa shape index (κ1) is 24.7. The second-order valence-corrected chi connectivity index (χ2v) is 10.1. The second-order valence-electron chi connectivity index (χ2n) is 10.1. The summed E-state index contributed by atoms with van der Waals surface area (Å²) in [6, 6.07) is 2.60. The molecule has 2 aliphatic carbocycles. The number of hydrogen-bond acceptors (Lipinski definition) is 6. The third-order valence-electron chi connectivity index (χ3n) is 7.71. The Bertz CT molecular complexity index is 1160. The molecule has 0 amide bonds. The standard InChI is InChI=1S/C25H32F3N7O/c1-34-22(15-36-23-12-19(10-11-30-23)25(26,27)28)32-33-24(34)17-4-2-16(3-5-17)18-13-31-35(14-18)21-8-6-20(29)7-9-21/h10-14,16-17,20-21H,2-9,15,29H2,1H3/t16-,17-,20-,21-. The Hall–Kier alpha value is -2.95. The van der Waals surface area contributed by atoms with E-state index in [4.69, 9.17) is 10.5 Å². The van der Waals surface area contributed by atoms with Crippen molar-refractivity contribution in [3.05, 3.63) is 53.5 Å². The summed E-state index contributed by atoms with van der Waals surface area (Å²) in [5.74, 6) is 2.13. The fourth-order valence-corrected chi connectivity index (χ4v) is 5.47. The molecule has 0 aliphatic heterocycles. The van der Waals surface area contributed by atoms with Crippen molar-refractivity contribution in [1.82, 2.24) is 29.5 Å². The molecule has 0 atom stereocenters. The summed E-state index contributed by atoms with van der Waals surface area (Å²) in [5, 5.41) is 13.3. The minimum Gasteiger partial charge on any atom is -0.469 e. The number of nitrogens with zero attached hydrogens (tertiary/aromatic N) is 6. The number of hydrogen-bond donors (Lipinski definition) is 1. The molecule has 11 heteroatoms. The number of halogens is 3. The quantitative estimate of drug-likeness (QED) is 0.515. The molecule has 0 spiro atoms. The second kappa shape index (κ2) is 10.2. The first-order chi connectivity index (χ1) is 17.3. The van der Waals surface area contributed by atoms with Crippen LogP contribution >= 0.6 is 0 Å². The van der Waals surface area contributed by atoms with Gasteiger partial charge in [-0.05, 0) is 68.9 Å². The molecule has 2 aliphatic rings. The van der Waals surface area contributed by atoms with Crippen LogP contribution < -0.4 is 10.5 Å². The van der Waals surface area contributed by atoms with Gasteiger partial charge in [0.2, 0.25) is 5.88 Å². The fraction of sp³-hybridized carbons (Fsp3) is 0.600. The number of rotatable bonds is 6. The van der Waals surface area contributed by atoms with Crippen LogP contribution in [-0.2, 0) is 19.8 Å². The normalized spacial score (nSPS) is 25.1. The van der Waals surface area contributed by atoms with Crippen LogP contribution in [0.15, 0.2) is 30.7 Å². The van der Waals surface area contributed by atoms with E-state index >= 15 is 0 Å². The molecule has 3 heterocycles. The Morgan fingerprint density at radius 1 is 1.03 bits per heavy atom. The molecule has 0 saturated heterocycles. The summed E-state index contributed by atoms with van der Waals surface area (Å²) in [4.78, 5) is 3.87. The van der Waals surface area contributed by atoms with Gasteiger partial charge in [-0.15, -0.1) is 10.2 Å². The summed E-state index contributed by atoms with van der Waals surface area (Å²) in [5.41, 5.74) is 6.56. The molecule has 36 heavy (non-hydrogen) atoms. The molecule has 0 aromatic carbocycles.